The van der Waals surface area contributed by atoms with Gasteiger partial charge < -0.3 is 22.9 Å². The van der Waals surface area contributed by atoms with Crippen LogP contribution in [-0.4, -0.2) is 119 Å². The zero-order chi connectivity index (χ0) is 89.7. The van der Waals surface area contributed by atoms with Crippen LogP contribution in [0.1, 0.15) is 67.5 Å². The second kappa shape index (κ2) is 34.9. The van der Waals surface area contributed by atoms with Crippen molar-refractivity contribution in [3.63, 3.8) is 0 Å². The SMILES string of the molecule is Cc1cccc2nc(-c3ccccc3C(F)(F)F)c(Cn3nc(I)c4c(N)ncnc43)nc12.Cc1cccc2nc(-c3ccccc3Cl)c(Cn3nc(C#N)c4c(N)ncnc43)nc12.Cc1cccc2nc(Cn3nc(C#N)c4c(N)ncnc43)c(-c3ccccc3Cl)nc12.Cc1cccc2nc(Cn3nc(I)c4c(N)ncnc43)c(-c3ccccc3C(F)(F)F)nc12. The minimum Gasteiger partial charge on any atom is -0.383 e. The molecule has 20 rings (SSSR count). The molecule has 0 radical (unpaired) electrons. The van der Waals surface area contributed by atoms with Crippen molar-refractivity contribution >= 4 is 180 Å². The zero-order valence-corrected chi connectivity index (χ0v) is 72.8. The number of halogens is 10. The third-order valence-electron chi connectivity index (χ3n) is 20.7. The molecule has 30 nitrogen and oxygen atoms in total. The van der Waals surface area contributed by atoms with Crippen LogP contribution in [0.15, 0.2) is 195 Å². The molecule has 632 valence electrons. The summed E-state index contributed by atoms with van der Waals surface area (Å²) in [5, 5.41) is 39.9. The van der Waals surface area contributed by atoms with Gasteiger partial charge in [-0.3, -0.25) is 0 Å². The number of anilines is 4. The summed E-state index contributed by atoms with van der Waals surface area (Å²) in [4.78, 5) is 71.4. The van der Waals surface area contributed by atoms with Crippen LogP contribution in [0, 0.1) is 57.8 Å². The van der Waals surface area contributed by atoms with Crippen LogP contribution in [0.4, 0.5) is 49.6 Å². The van der Waals surface area contributed by atoms with Gasteiger partial charge in [-0.25, -0.2) is 98.5 Å². The van der Waals surface area contributed by atoms with Gasteiger partial charge in [-0.2, -0.15) is 57.3 Å². The molecule has 8 aromatic carbocycles. The maximum Gasteiger partial charge on any atom is 0.417 e. The predicted octanol–water partition coefficient (Wildman–Crippen LogP) is 17.8. The van der Waals surface area contributed by atoms with Crippen molar-refractivity contribution in [2.45, 2.75) is 66.2 Å². The molecule has 20 aromatic rings. The number of hydrogen-bond acceptors (Lipinski definition) is 26. The fourth-order valence-corrected chi connectivity index (χ4v) is 16.7. The molecule has 12 aromatic heterocycles. The number of nitriles is 2. The molecular formula is C88H60Cl2F6I2N30. The third kappa shape index (κ3) is 16.6. The Bertz CT molecular complexity index is 7950. The minimum atomic E-state index is -4.55. The summed E-state index contributed by atoms with van der Waals surface area (Å²) in [5.74, 6) is 0.969. The minimum absolute atomic E-state index is 0.0436. The summed E-state index contributed by atoms with van der Waals surface area (Å²) in [6, 6.07) is 52.4. The molecule has 40 heteroatoms. The molecule has 0 atom stereocenters. The van der Waals surface area contributed by atoms with Crippen LogP contribution >= 0.6 is 68.4 Å². The Balaban J connectivity index is 0.000000120. The van der Waals surface area contributed by atoms with Crippen molar-refractivity contribution in [2.24, 2.45) is 0 Å². The first kappa shape index (κ1) is 85.3. The van der Waals surface area contributed by atoms with E-state index in [-0.39, 0.29) is 83.4 Å². The standard InChI is InChI=1S/2C22H15ClN8.2C22H15F3IN7/c1-12-5-4-8-15-19(12)29-17(20(28-15)13-6-2-3-7-14(13)23)10-31-22-18(16(9-24)30-31)21(25)26-11-27-22;1-12-5-4-8-15-19(12)29-20(13-6-2-3-7-14(13)23)17(28-15)10-31-22-18(16(9-24)30-31)21(25)26-11-27-22;1-11-5-4-8-14-17(11)31-15(9-33-21-16(19(26)32-33)20(27)28-10-29-21)18(30-14)12-6-2-3-7-13(12)22(23,24)25;1-11-5-4-8-14-17(11)31-18(12-6-2-3-7-13(12)22(23,24)25)15(30-14)9-33-21-16(19(26)32-33)20(27)28-10-29-21/h2*2-8,11H,10H2,1H3,(H2,25,26,27);2*2-8,10H,9H2,1H3,(H2,27,28,29). The first-order chi connectivity index (χ1) is 61.6. The smallest absolute Gasteiger partial charge is 0.383 e. The fourth-order valence-electron chi connectivity index (χ4n) is 14.7. The molecule has 0 saturated carbocycles. The van der Waals surface area contributed by atoms with Gasteiger partial charge in [-0.15, -0.1) is 0 Å². The highest BCUT2D eigenvalue weighted by Crippen LogP contribution is 2.42. The molecule has 0 unspecified atom stereocenters. The summed E-state index contributed by atoms with van der Waals surface area (Å²) in [7, 11) is 0. The van der Waals surface area contributed by atoms with Crippen LogP contribution in [0.3, 0.4) is 0 Å². The summed E-state index contributed by atoms with van der Waals surface area (Å²) < 4.78 is 90.5. The van der Waals surface area contributed by atoms with E-state index in [2.05, 4.69) is 82.4 Å². The number of aromatic nitrogens is 24. The van der Waals surface area contributed by atoms with Crippen molar-refractivity contribution in [3.8, 4) is 57.2 Å². The van der Waals surface area contributed by atoms with Gasteiger partial charge in [0.1, 0.15) is 68.1 Å². The number of fused-ring (bicyclic) bond motifs is 8. The van der Waals surface area contributed by atoms with Crippen molar-refractivity contribution < 1.29 is 26.3 Å². The van der Waals surface area contributed by atoms with Crippen LogP contribution in [-0.2, 0) is 38.5 Å². The highest BCUT2D eigenvalue weighted by Gasteiger charge is 2.37. The monoisotopic (exact) mass is 1970 g/mol. The molecule has 0 aliphatic rings. The Morgan fingerprint density at radius 2 is 0.602 bits per heavy atom. The number of hydrogen-bond donors (Lipinski definition) is 4. The molecule has 0 saturated heterocycles. The van der Waals surface area contributed by atoms with E-state index in [0.717, 1.165) is 67.6 Å². The Kier molecular flexibility index (Phi) is 23.3. The van der Waals surface area contributed by atoms with E-state index in [9.17, 15) is 36.9 Å². The highest BCUT2D eigenvalue weighted by atomic mass is 127. The fraction of sp³-hybridized carbons (Fsp3) is 0.114. The molecule has 8 N–H and O–H groups in total. The number of para-hydroxylation sites is 4. The number of alkyl halides is 6. The number of nitrogens with zero attached hydrogens (tertiary/aromatic N) is 26. The largest absolute Gasteiger partial charge is 0.417 e. The van der Waals surface area contributed by atoms with E-state index in [1.165, 1.54) is 49.6 Å². The quantitative estimate of drug-likeness (QED) is 0.0652. The summed E-state index contributed by atoms with van der Waals surface area (Å²) in [5.41, 5.74) is 38.6. The van der Waals surface area contributed by atoms with Crippen molar-refractivity contribution in [1.82, 2.24) is 119 Å². The van der Waals surface area contributed by atoms with E-state index >= 15 is 0 Å². The summed E-state index contributed by atoms with van der Waals surface area (Å²) >= 11 is 17.0. The van der Waals surface area contributed by atoms with Gasteiger partial charge in [0, 0.05) is 22.3 Å². The molecule has 0 amide bonds. The Labute approximate surface area is 756 Å². The summed E-state index contributed by atoms with van der Waals surface area (Å²) in [6.45, 7) is 8.26. The topological polar surface area (TPSA) is 429 Å². The molecule has 12 heterocycles. The molecule has 0 fully saturated rings. The highest BCUT2D eigenvalue weighted by molar-refractivity contribution is 14.1. The van der Waals surface area contributed by atoms with Gasteiger partial charge in [0.15, 0.2) is 34.0 Å². The molecule has 0 aliphatic carbocycles. The molecule has 0 spiro atoms. The van der Waals surface area contributed by atoms with E-state index in [1.807, 2.05) is 176 Å². The van der Waals surface area contributed by atoms with Gasteiger partial charge in [0.05, 0.1) is 159 Å². The summed E-state index contributed by atoms with van der Waals surface area (Å²) in [6.07, 6.45) is -3.76. The van der Waals surface area contributed by atoms with Gasteiger partial charge >= 0.3 is 12.4 Å². The Morgan fingerprint density at radius 3 is 0.945 bits per heavy atom. The van der Waals surface area contributed by atoms with E-state index in [1.54, 1.807) is 49.1 Å². The lowest BCUT2D eigenvalue weighted by atomic mass is 10.0. The molecular weight excluding hydrogens is 1920 g/mol. The van der Waals surface area contributed by atoms with Crippen molar-refractivity contribution in [3.05, 3.63) is 280 Å². The average molecular weight is 1980 g/mol. The second-order valence-corrected chi connectivity index (χ2v) is 31.7. The van der Waals surface area contributed by atoms with Gasteiger partial charge in [0.25, 0.3) is 0 Å². The van der Waals surface area contributed by atoms with Crippen LogP contribution in [0.5, 0.6) is 0 Å². The van der Waals surface area contributed by atoms with Crippen LogP contribution in [0.25, 0.3) is 133 Å². The molecule has 0 bridgehead atoms. The van der Waals surface area contributed by atoms with Crippen molar-refractivity contribution in [2.75, 3.05) is 22.9 Å². The average Bonchev–Trinajstić information content (AvgIpc) is 1.52. The number of nitrogens with two attached hydrogens (primary N) is 4. The van der Waals surface area contributed by atoms with E-state index < -0.39 is 23.5 Å². The van der Waals surface area contributed by atoms with Gasteiger partial charge in [-0.1, -0.05) is 145 Å². The lowest BCUT2D eigenvalue weighted by Crippen LogP contribution is -2.12. The maximum atomic E-state index is 13.8. The second-order valence-electron chi connectivity index (χ2n) is 28.9. The number of nitrogen functional groups attached to an aromatic ring is 4. The molecule has 0 aliphatic heterocycles. The first-order valence-corrected chi connectivity index (χ1v) is 41.4. The Hall–Kier alpha value is -14.9. The van der Waals surface area contributed by atoms with E-state index in [0.29, 0.717) is 118 Å². The van der Waals surface area contributed by atoms with Gasteiger partial charge in [-0.05, 0) is 144 Å². The molecule has 128 heavy (non-hydrogen) atoms. The van der Waals surface area contributed by atoms with Crippen LogP contribution < -0.4 is 22.9 Å². The maximum absolute atomic E-state index is 13.8. The third-order valence-corrected chi connectivity index (χ3v) is 22.8. The number of aryl methyl sites for hydroxylation is 4. The first-order valence-electron chi connectivity index (χ1n) is 38.5. The lowest BCUT2D eigenvalue weighted by molar-refractivity contribution is -0.137. The predicted molar refractivity (Wildman–Crippen MR) is 489 cm³/mol. The van der Waals surface area contributed by atoms with Crippen molar-refractivity contribution in [1.29, 1.82) is 10.5 Å². The van der Waals surface area contributed by atoms with Gasteiger partial charge in [0.2, 0.25) is 0 Å². The zero-order valence-electron chi connectivity index (χ0n) is 67.0. The van der Waals surface area contributed by atoms with E-state index in [4.69, 9.17) is 76.0 Å². The normalized spacial score (nSPS) is 11.6. The number of benzene rings is 8. The number of rotatable bonds is 12. The lowest BCUT2D eigenvalue weighted by Gasteiger charge is -2.16. The Morgan fingerprint density at radius 1 is 0.328 bits per heavy atom. The van der Waals surface area contributed by atoms with Crippen LogP contribution in [0.2, 0.25) is 10.0 Å².